The van der Waals surface area contributed by atoms with Gasteiger partial charge in [0.1, 0.15) is 6.61 Å². The summed E-state index contributed by atoms with van der Waals surface area (Å²) in [4.78, 5) is 11.6. The second-order valence-electron chi connectivity index (χ2n) is 10.8. The molecule has 0 N–H and O–H groups in total. The Kier molecular flexibility index (Phi) is 13.1. The molecular weight excluding hydrogens is 529 g/mol. The molecule has 0 heterocycles. The summed E-state index contributed by atoms with van der Waals surface area (Å²) in [6, 6.07) is 39.0. The lowest BCUT2D eigenvalue weighted by Gasteiger charge is -2.42. The predicted molar refractivity (Wildman–Crippen MR) is 170 cm³/mol. The maximum Gasteiger partial charge on any atom is 0.333 e. The van der Waals surface area contributed by atoms with Gasteiger partial charge >= 0.3 is 5.97 Å². The number of ether oxygens (including phenoxy) is 2. The van der Waals surface area contributed by atoms with Gasteiger partial charge in [-0.25, -0.2) is 4.79 Å². The molecule has 3 rings (SSSR count). The standard InChI is InChI=1S/C34H46O4Si2/c1-5-39(6-2,26-16-23-36-24-25-37-34(35)30(3)4)38-40(27-31-17-10-7-11-18-31,28-32-19-12-8-13-20-32)29-33-21-14-9-15-22-33/h7-15,17-22H,3,5-6,16,23-29H2,1-2,4H3. The molecule has 0 amide bonds. The summed E-state index contributed by atoms with van der Waals surface area (Å²) in [7, 11) is -4.40. The fourth-order valence-electron chi connectivity index (χ4n) is 5.37. The number of hydrogen-bond donors (Lipinski definition) is 0. The number of carbonyl (C=O) groups excluding carboxylic acids is 1. The van der Waals surface area contributed by atoms with Gasteiger partial charge < -0.3 is 13.6 Å². The molecule has 0 aliphatic rings. The van der Waals surface area contributed by atoms with Crippen LogP contribution in [0.4, 0.5) is 0 Å². The van der Waals surface area contributed by atoms with Gasteiger partial charge in [0.05, 0.1) is 6.61 Å². The summed E-state index contributed by atoms with van der Waals surface area (Å²) in [5.74, 6) is -0.364. The minimum atomic E-state index is -2.34. The normalized spacial score (nSPS) is 11.8. The number of esters is 1. The van der Waals surface area contributed by atoms with Crippen LogP contribution in [0.3, 0.4) is 0 Å². The molecule has 0 spiro atoms. The maximum atomic E-state index is 11.6. The van der Waals surface area contributed by atoms with Crippen molar-refractivity contribution >= 4 is 22.6 Å². The highest BCUT2D eigenvalue weighted by atomic mass is 28.4. The Morgan fingerprint density at radius 2 is 1.12 bits per heavy atom. The van der Waals surface area contributed by atoms with Crippen molar-refractivity contribution in [3.8, 4) is 0 Å². The zero-order valence-corrected chi connectivity index (χ0v) is 26.6. The third kappa shape index (κ3) is 10.3. The second-order valence-corrected chi connectivity index (χ2v) is 19.3. The first-order chi connectivity index (χ1) is 19.4. The Morgan fingerprint density at radius 1 is 0.675 bits per heavy atom. The average molecular weight is 575 g/mol. The van der Waals surface area contributed by atoms with Crippen LogP contribution in [-0.2, 0) is 36.5 Å². The van der Waals surface area contributed by atoms with E-state index in [2.05, 4.69) is 111 Å². The molecule has 0 radical (unpaired) electrons. The first-order valence-electron chi connectivity index (χ1n) is 14.6. The van der Waals surface area contributed by atoms with Crippen LogP contribution in [0.2, 0.25) is 18.1 Å². The number of hydrogen-bond acceptors (Lipinski definition) is 4. The van der Waals surface area contributed by atoms with Gasteiger partial charge in [0, 0.05) is 12.2 Å². The first-order valence-corrected chi connectivity index (χ1v) is 19.7. The van der Waals surface area contributed by atoms with E-state index in [-0.39, 0.29) is 12.6 Å². The summed E-state index contributed by atoms with van der Waals surface area (Å²) < 4.78 is 18.8. The highest BCUT2D eigenvalue weighted by molar-refractivity contribution is 6.86. The Hall–Kier alpha value is -2.78. The molecular formula is C34H46O4Si2. The lowest BCUT2D eigenvalue weighted by Crippen LogP contribution is -2.56. The van der Waals surface area contributed by atoms with E-state index in [0.717, 1.165) is 42.7 Å². The van der Waals surface area contributed by atoms with Crippen LogP contribution in [0.15, 0.2) is 103 Å². The molecule has 0 fully saturated rings. The van der Waals surface area contributed by atoms with E-state index in [0.29, 0.717) is 18.8 Å². The van der Waals surface area contributed by atoms with Crippen LogP contribution >= 0.6 is 0 Å². The third-order valence-electron chi connectivity index (χ3n) is 7.56. The van der Waals surface area contributed by atoms with E-state index >= 15 is 0 Å². The fraction of sp³-hybridized carbons (Fsp3) is 0.382. The van der Waals surface area contributed by atoms with Gasteiger partial charge in [0.15, 0.2) is 16.6 Å². The van der Waals surface area contributed by atoms with Crippen molar-refractivity contribution in [1.82, 2.24) is 0 Å². The second kappa shape index (κ2) is 16.5. The number of benzene rings is 3. The van der Waals surface area contributed by atoms with E-state index in [1.165, 1.54) is 16.7 Å². The molecule has 0 bridgehead atoms. The van der Waals surface area contributed by atoms with E-state index in [1.54, 1.807) is 6.92 Å². The zero-order chi connectivity index (χ0) is 28.7. The van der Waals surface area contributed by atoms with Crippen molar-refractivity contribution < 1.29 is 18.4 Å². The Labute approximate surface area is 243 Å². The average Bonchev–Trinajstić information content (AvgIpc) is 2.97. The van der Waals surface area contributed by atoms with E-state index in [4.69, 9.17) is 13.6 Å². The lowest BCUT2D eigenvalue weighted by molar-refractivity contribution is -0.140. The third-order valence-corrected chi connectivity index (χ3v) is 18.0. The fourth-order valence-corrected chi connectivity index (χ4v) is 16.8. The van der Waals surface area contributed by atoms with Crippen molar-refractivity contribution in [1.29, 1.82) is 0 Å². The van der Waals surface area contributed by atoms with Gasteiger partial charge in [0.2, 0.25) is 0 Å². The van der Waals surface area contributed by atoms with Crippen molar-refractivity contribution in [3.05, 3.63) is 120 Å². The van der Waals surface area contributed by atoms with Crippen molar-refractivity contribution in [2.75, 3.05) is 19.8 Å². The van der Waals surface area contributed by atoms with Gasteiger partial charge in [-0.1, -0.05) is 111 Å². The molecule has 0 aliphatic heterocycles. The molecule has 40 heavy (non-hydrogen) atoms. The van der Waals surface area contributed by atoms with Crippen molar-refractivity contribution in [2.24, 2.45) is 0 Å². The van der Waals surface area contributed by atoms with Crippen LogP contribution in [0.25, 0.3) is 0 Å². The molecule has 0 saturated heterocycles. The van der Waals surface area contributed by atoms with Crippen LogP contribution in [-0.4, -0.2) is 42.4 Å². The zero-order valence-electron chi connectivity index (χ0n) is 24.6. The highest BCUT2D eigenvalue weighted by Crippen LogP contribution is 2.33. The van der Waals surface area contributed by atoms with Crippen LogP contribution in [0.1, 0.15) is 43.9 Å². The Morgan fingerprint density at radius 3 is 1.52 bits per heavy atom. The largest absolute Gasteiger partial charge is 0.460 e. The topological polar surface area (TPSA) is 44.8 Å². The molecule has 0 aromatic heterocycles. The molecule has 0 atom stereocenters. The van der Waals surface area contributed by atoms with Crippen LogP contribution in [0, 0.1) is 0 Å². The molecule has 0 aliphatic carbocycles. The smallest absolute Gasteiger partial charge is 0.333 e. The van der Waals surface area contributed by atoms with E-state index in [9.17, 15) is 4.79 Å². The SMILES string of the molecule is C=C(C)C(=O)OCCOCCC[Si](CC)(CC)O[Si](Cc1ccccc1)(Cc1ccccc1)Cc1ccccc1. The minimum Gasteiger partial charge on any atom is -0.460 e. The van der Waals surface area contributed by atoms with Crippen molar-refractivity contribution in [2.45, 2.75) is 63.5 Å². The summed E-state index contributed by atoms with van der Waals surface area (Å²) >= 11 is 0. The van der Waals surface area contributed by atoms with Crippen LogP contribution in [0.5, 0.6) is 0 Å². The summed E-state index contributed by atoms with van der Waals surface area (Å²) in [6.45, 7) is 11.2. The van der Waals surface area contributed by atoms with Gasteiger partial charge in [-0.3, -0.25) is 0 Å². The maximum absolute atomic E-state index is 11.6. The lowest BCUT2D eigenvalue weighted by atomic mass is 10.2. The van der Waals surface area contributed by atoms with Gasteiger partial charge in [0.25, 0.3) is 0 Å². The molecule has 4 nitrogen and oxygen atoms in total. The van der Waals surface area contributed by atoms with Gasteiger partial charge in [-0.15, -0.1) is 0 Å². The first kappa shape index (κ1) is 31.7. The van der Waals surface area contributed by atoms with E-state index < -0.39 is 16.6 Å². The highest BCUT2D eigenvalue weighted by Gasteiger charge is 2.44. The van der Waals surface area contributed by atoms with E-state index in [1.807, 2.05) is 0 Å². The molecule has 0 unspecified atom stereocenters. The minimum absolute atomic E-state index is 0.258. The molecule has 214 valence electrons. The summed E-state index contributed by atoms with van der Waals surface area (Å²) in [5, 5.41) is 0. The predicted octanol–water partition coefficient (Wildman–Crippen LogP) is 7.81. The van der Waals surface area contributed by atoms with Crippen LogP contribution < -0.4 is 0 Å². The number of carbonyl (C=O) groups is 1. The number of rotatable bonds is 18. The molecule has 0 saturated carbocycles. The molecule has 6 heteroatoms. The quantitative estimate of drug-likeness (QED) is 0.0673. The van der Waals surface area contributed by atoms with Crippen molar-refractivity contribution in [3.63, 3.8) is 0 Å². The van der Waals surface area contributed by atoms with Gasteiger partial charge in [-0.2, -0.15) is 0 Å². The van der Waals surface area contributed by atoms with Gasteiger partial charge in [-0.05, 0) is 66.3 Å². The molecule has 3 aromatic rings. The summed E-state index contributed by atoms with van der Waals surface area (Å²) in [5.41, 5.74) is 4.50. The summed E-state index contributed by atoms with van der Waals surface area (Å²) in [6.07, 6.45) is 0.953. The Bertz CT molecular complexity index is 1050. The molecule has 3 aromatic carbocycles. The monoisotopic (exact) mass is 574 g/mol. The Balaban J connectivity index is 1.81.